The topological polar surface area (TPSA) is 87.6 Å². The lowest BCUT2D eigenvalue weighted by atomic mass is 10.2. The van der Waals surface area contributed by atoms with Crippen molar-refractivity contribution in [2.75, 3.05) is 11.9 Å². The zero-order valence-electron chi connectivity index (χ0n) is 10.6. The number of amidine groups is 1. The fraction of sp³-hybridized carbons (Fsp3) is 0.154. The molecule has 0 atom stereocenters. The van der Waals surface area contributed by atoms with E-state index in [4.69, 9.17) is 10.9 Å². The Kier molecular flexibility index (Phi) is 3.92. The summed E-state index contributed by atoms with van der Waals surface area (Å²) in [6.07, 6.45) is 5.14. The Morgan fingerprint density at radius 1 is 1.37 bits per heavy atom. The predicted octanol–water partition coefficient (Wildman–Crippen LogP) is 1.21. The number of anilines is 1. The van der Waals surface area contributed by atoms with Gasteiger partial charge >= 0.3 is 0 Å². The van der Waals surface area contributed by atoms with Crippen LogP contribution in [-0.4, -0.2) is 28.1 Å². The van der Waals surface area contributed by atoms with Gasteiger partial charge in [0.25, 0.3) is 0 Å². The summed E-state index contributed by atoms with van der Waals surface area (Å²) >= 11 is 0. The molecule has 0 unspecified atom stereocenters. The summed E-state index contributed by atoms with van der Waals surface area (Å²) in [7, 11) is 1.94. The summed E-state index contributed by atoms with van der Waals surface area (Å²) in [5, 5.41) is 11.5. The average Bonchev–Trinajstić information content (AvgIpc) is 2.47. The molecule has 0 amide bonds. The number of aromatic nitrogens is 2. The predicted molar refractivity (Wildman–Crippen MR) is 73.1 cm³/mol. The van der Waals surface area contributed by atoms with Gasteiger partial charge < -0.3 is 15.8 Å². The van der Waals surface area contributed by atoms with Crippen LogP contribution in [0.15, 0.2) is 48.0 Å². The molecule has 2 aromatic heterocycles. The van der Waals surface area contributed by atoms with Gasteiger partial charge in [-0.15, -0.1) is 0 Å². The number of oxime groups is 1. The van der Waals surface area contributed by atoms with Gasteiger partial charge in [-0.25, -0.2) is 4.98 Å². The molecule has 0 radical (unpaired) electrons. The summed E-state index contributed by atoms with van der Waals surface area (Å²) in [6.45, 7) is 0.712. The van der Waals surface area contributed by atoms with E-state index < -0.39 is 0 Å². The highest BCUT2D eigenvalue weighted by Crippen LogP contribution is 2.12. The van der Waals surface area contributed by atoms with Crippen LogP contribution >= 0.6 is 0 Å². The Labute approximate surface area is 111 Å². The fourth-order valence-corrected chi connectivity index (χ4v) is 1.67. The van der Waals surface area contributed by atoms with Gasteiger partial charge in [-0.3, -0.25) is 4.98 Å². The number of hydrogen-bond donors (Lipinski definition) is 2. The largest absolute Gasteiger partial charge is 0.409 e. The quantitative estimate of drug-likeness (QED) is 0.372. The summed E-state index contributed by atoms with van der Waals surface area (Å²) in [6, 6.07) is 7.49. The number of hydrogen-bond acceptors (Lipinski definition) is 5. The van der Waals surface area contributed by atoms with Crippen LogP contribution in [0.5, 0.6) is 0 Å². The molecule has 6 heteroatoms. The van der Waals surface area contributed by atoms with Crippen LogP contribution in [-0.2, 0) is 6.54 Å². The number of rotatable bonds is 4. The van der Waals surface area contributed by atoms with Gasteiger partial charge in [0.1, 0.15) is 5.82 Å². The van der Waals surface area contributed by atoms with Gasteiger partial charge in [-0.1, -0.05) is 11.2 Å². The zero-order chi connectivity index (χ0) is 13.7. The van der Waals surface area contributed by atoms with E-state index in [1.54, 1.807) is 18.5 Å². The fourth-order valence-electron chi connectivity index (χ4n) is 1.67. The van der Waals surface area contributed by atoms with Gasteiger partial charge in [0, 0.05) is 37.7 Å². The van der Waals surface area contributed by atoms with E-state index in [9.17, 15) is 0 Å². The van der Waals surface area contributed by atoms with Crippen molar-refractivity contribution in [2.24, 2.45) is 10.9 Å². The first-order valence-electron chi connectivity index (χ1n) is 5.74. The SMILES string of the molecule is CN(Cc1cccnc1)c1ccc(/C(N)=N/O)cn1. The second kappa shape index (κ2) is 5.81. The zero-order valence-corrected chi connectivity index (χ0v) is 10.6. The minimum Gasteiger partial charge on any atom is -0.409 e. The van der Waals surface area contributed by atoms with Gasteiger partial charge in [0.15, 0.2) is 5.84 Å². The summed E-state index contributed by atoms with van der Waals surface area (Å²) < 4.78 is 0. The molecule has 2 aromatic rings. The van der Waals surface area contributed by atoms with Crippen molar-refractivity contribution in [1.82, 2.24) is 9.97 Å². The molecule has 0 bridgehead atoms. The lowest BCUT2D eigenvalue weighted by Crippen LogP contribution is -2.19. The molecule has 0 aliphatic carbocycles. The van der Waals surface area contributed by atoms with Crippen molar-refractivity contribution in [3.05, 3.63) is 54.0 Å². The molecule has 6 nitrogen and oxygen atoms in total. The van der Waals surface area contributed by atoms with Gasteiger partial charge in [-0.2, -0.15) is 0 Å². The van der Waals surface area contributed by atoms with Crippen molar-refractivity contribution in [1.29, 1.82) is 0 Å². The number of nitrogens with two attached hydrogens (primary N) is 1. The van der Waals surface area contributed by atoms with Crippen molar-refractivity contribution < 1.29 is 5.21 Å². The highest BCUT2D eigenvalue weighted by atomic mass is 16.4. The van der Waals surface area contributed by atoms with Crippen LogP contribution in [0.25, 0.3) is 0 Å². The average molecular weight is 257 g/mol. The third-order valence-corrected chi connectivity index (χ3v) is 2.69. The molecule has 0 aromatic carbocycles. The Balaban J connectivity index is 2.10. The van der Waals surface area contributed by atoms with Gasteiger partial charge in [-0.05, 0) is 23.8 Å². The van der Waals surface area contributed by atoms with Crippen LogP contribution < -0.4 is 10.6 Å². The van der Waals surface area contributed by atoms with Crippen LogP contribution in [0.1, 0.15) is 11.1 Å². The summed E-state index contributed by atoms with van der Waals surface area (Å²) in [4.78, 5) is 10.3. The lowest BCUT2D eigenvalue weighted by molar-refractivity contribution is 0.318. The maximum atomic E-state index is 8.58. The molecule has 98 valence electrons. The van der Waals surface area contributed by atoms with Crippen molar-refractivity contribution >= 4 is 11.7 Å². The molecule has 0 aliphatic heterocycles. The molecule has 0 spiro atoms. The first kappa shape index (κ1) is 12.8. The molecular formula is C13H15N5O. The monoisotopic (exact) mass is 257 g/mol. The molecular weight excluding hydrogens is 242 g/mol. The Morgan fingerprint density at radius 3 is 2.79 bits per heavy atom. The Hall–Kier alpha value is -2.63. The molecule has 0 fully saturated rings. The van der Waals surface area contributed by atoms with Crippen LogP contribution in [0.2, 0.25) is 0 Å². The van der Waals surface area contributed by atoms with E-state index in [-0.39, 0.29) is 5.84 Å². The first-order valence-corrected chi connectivity index (χ1v) is 5.74. The minimum atomic E-state index is 0.0500. The lowest BCUT2D eigenvalue weighted by Gasteiger charge is -2.18. The molecule has 2 rings (SSSR count). The standard InChI is InChI=1S/C13H15N5O/c1-18(9-10-3-2-6-15-7-10)12-5-4-11(8-16-12)13(14)17-19/h2-8,19H,9H2,1H3,(H2,14,17). The van der Waals surface area contributed by atoms with Crippen molar-refractivity contribution in [3.63, 3.8) is 0 Å². The highest BCUT2D eigenvalue weighted by Gasteiger charge is 2.05. The Bertz CT molecular complexity index is 553. The molecule has 0 saturated carbocycles. The third-order valence-electron chi connectivity index (χ3n) is 2.69. The minimum absolute atomic E-state index is 0.0500. The molecule has 19 heavy (non-hydrogen) atoms. The van der Waals surface area contributed by atoms with Crippen LogP contribution in [0.3, 0.4) is 0 Å². The maximum Gasteiger partial charge on any atom is 0.171 e. The van der Waals surface area contributed by atoms with E-state index >= 15 is 0 Å². The van der Waals surface area contributed by atoms with Crippen molar-refractivity contribution in [2.45, 2.75) is 6.54 Å². The second-order valence-corrected chi connectivity index (χ2v) is 4.11. The maximum absolute atomic E-state index is 8.58. The molecule has 0 saturated heterocycles. The van der Waals surface area contributed by atoms with E-state index in [1.165, 1.54) is 0 Å². The van der Waals surface area contributed by atoms with E-state index in [2.05, 4.69) is 15.1 Å². The smallest absolute Gasteiger partial charge is 0.171 e. The molecule has 2 heterocycles. The molecule has 0 aliphatic rings. The van der Waals surface area contributed by atoms with Crippen molar-refractivity contribution in [3.8, 4) is 0 Å². The van der Waals surface area contributed by atoms with E-state index in [0.717, 1.165) is 11.4 Å². The highest BCUT2D eigenvalue weighted by molar-refractivity contribution is 5.96. The van der Waals surface area contributed by atoms with Crippen LogP contribution in [0, 0.1) is 0 Å². The van der Waals surface area contributed by atoms with E-state index in [0.29, 0.717) is 12.1 Å². The van der Waals surface area contributed by atoms with Gasteiger partial charge in [0.05, 0.1) is 0 Å². The molecule has 3 N–H and O–H groups in total. The summed E-state index contributed by atoms with van der Waals surface area (Å²) in [5.74, 6) is 0.854. The van der Waals surface area contributed by atoms with Crippen LogP contribution in [0.4, 0.5) is 5.82 Å². The first-order chi connectivity index (χ1) is 9.20. The normalized spacial score (nSPS) is 11.3. The van der Waals surface area contributed by atoms with Gasteiger partial charge in [0.2, 0.25) is 0 Å². The number of nitrogens with zero attached hydrogens (tertiary/aromatic N) is 4. The summed E-state index contributed by atoms with van der Waals surface area (Å²) in [5.41, 5.74) is 7.17. The van der Waals surface area contributed by atoms with E-state index in [1.807, 2.05) is 36.3 Å². The Morgan fingerprint density at radius 2 is 2.21 bits per heavy atom. The third kappa shape index (κ3) is 3.19. The number of pyridine rings is 2. The second-order valence-electron chi connectivity index (χ2n) is 4.11.